The van der Waals surface area contributed by atoms with Crippen molar-refractivity contribution < 1.29 is 29.4 Å². The molecule has 2 aliphatic carbocycles. The second-order valence-corrected chi connectivity index (χ2v) is 11.4. The quantitative estimate of drug-likeness (QED) is 0.238. The summed E-state index contributed by atoms with van der Waals surface area (Å²) in [6, 6.07) is 19.8. The number of carboxylic acid groups (broad SMARTS) is 2. The van der Waals surface area contributed by atoms with Crippen LogP contribution >= 0.6 is 11.3 Å². The van der Waals surface area contributed by atoms with Crippen LogP contribution in [0.5, 0.6) is 0 Å². The van der Waals surface area contributed by atoms with Crippen LogP contribution in [0.4, 0.5) is 0 Å². The Morgan fingerprint density at radius 3 is 1.40 bits per heavy atom. The molecular weight excluding hydrogens is 560 g/mol. The van der Waals surface area contributed by atoms with Gasteiger partial charge in [0.1, 0.15) is 11.9 Å². The van der Waals surface area contributed by atoms with Gasteiger partial charge in [0.25, 0.3) is 0 Å². The summed E-state index contributed by atoms with van der Waals surface area (Å²) in [5, 5.41) is 18.3. The molecule has 0 fully saturated rings. The number of benzene rings is 2. The predicted octanol–water partition coefficient (Wildman–Crippen LogP) is 7.49. The first-order chi connectivity index (χ1) is 20.9. The van der Waals surface area contributed by atoms with Crippen LogP contribution < -0.4 is 0 Å². The zero-order valence-electron chi connectivity index (χ0n) is 23.2. The van der Waals surface area contributed by atoms with Crippen molar-refractivity contribution in [1.82, 2.24) is 0 Å². The molecule has 1 heterocycles. The third-order valence-electron chi connectivity index (χ3n) is 7.50. The molecule has 2 atom stereocenters. The Morgan fingerprint density at radius 2 is 1.05 bits per heavy atom. The SMILES string of the molecule is O=C=C1C=C(CCC(=O)O)C=CC1c1sc(C2C=CC(CCC(=O)O)=CC2=C=O)c(-c2ccccc2)c1-c1ccccc1. The van der Waals surface area contributed by atoms with E-state index in [1.807, 2.05) is 85.0 Å². The van der Waals surface area contributed by atoms with Crippen LogP contribution in [0.2, 0.25) is 0 Å². The molecule has 0 amide bonds. The fraction of sp³-hybridized carbons (Fsp3) is 0.167. The average Bonchev–Trinajstić information content (AvgIpc) is 3.43. The van der Waals surface area contributed by atoms with Crippen LogP contribution in [-0.4, -0.2) is 34.0 Å². The molecule has 2 unspecified atom stereocenters. The van der Waals surface area contributed by atoms with E-state index in [9.17, 15) is 19.2 Å². The smallest absolute Gasteiger partial charge is 0.303 e. The number of carbonyl (C=O) groups is 2. The van der Waals surface area contributed by atoms with Crippen LogP contribution in [-0.2, 0) is 19.2 Å². The van der Waals surface area contributed by atoms with Crippen LogP contribution in [0.15, 0.2) is 119 Å². The average molecular weight is 589 g/mol. The lowest BCUT2D eigenvalue weighted by molar-refractivity contribution is -0.137. The Balaban J connectivity index is 1.70. The zero-order chi connectivity index (χ0) is 30.3. The summed E-state index contributed by atoms with van der Waals surface area (Å²) >= 11 is 1.52. The van der Waals surface area contributed by atoms with E-state index in [2.05, 4.69) is 11.9 Å². The fourth-order valence-electron chi connectivity index (χ4n) is 5.47. The number of aliphatic carboxylic acids is 2. The molecule has 2 aliphatic rings. The third kappa shape index (κ3) is 6.56. The number of rotatable bonds is 10. The lowest BCUT2D eigenvalue weighted by Crippen LogP contribution is -2.04. The Labute approximate surface area is 253 Å². The Kier molecular flexibility index (Phi) is 9.09. The minimum absolute atomic E-state index is 0.0413. The number of thiophene rings is 1. The molecule has 2 N–H and O–H groups in total. The maximum absolute atomic E-state index is 12.3. The topological polar surface area (TPSA) is 109 Å². The number of hydrogen-bond donors (Lipinski definition) is 2. The second-order valence-electron chi connectivity index (χ2n) is 10.3. The van der Waals surface area contributed by atoms with E-state index in [1.165, 1.54) is 11.3 Å². The zero-order valence-corrected chi connectivity index (χ0v) is 24.0. The van der Waals surface area contributed by atoms with Crippen LogP contribution in [0.1, 0.15) is 47.3 Å². The molecule has 3 aromatic rings. The molecule has 6 nitrogen and oxygen atoms in total. The molecule has 2 aromatic carbocycles. The summed E-state index contributed by atoms with van der Waals surface area (Å²) in [5.74, 6) is 1.53. The van der Waals surface area contributed by atoms with Gasteiger partial charge in [0.2, 0.25) is 0 Å². The number of hydrogen-bond acceptors (Lipinski definition) is 5. The first-order valence-electron chi connectivity index (χ1n) is 13.9. The summed E-state index contributed by atoms with van der Waals surface area (Å²) in [5.41, 5.74) is 6.10. The molecule has 7 heteroatoms. The van der Waals surface area contributed by atoms with Gasteiger partial charge in [-0.05, 0) is 47.3 Å². The van der Waals surface area contributed by atoms with E-state index < -0.39 is 23.8 Å². The summed E-state index contributed by atoms with van der Waals surface area (Å²) in [7, 11) is 0. The van der Waals surface area contributed by atoms with Crippen molar-refractivity contribution in [2.24, 2.45) is 0 Å². The largest absolute Gasteiger partial charge is 0.481 e. The highest BCUT2D eigenvalue weighted by molar-refractivity contribution is 7.13. The van der Waals surface area contributed by atoms with E-state index >= 15 is 0 Å². The first kappa shape index (κ1) is 29.4. The molecule has 1 aromatic heterocycles. The van der Waals surface area contributed by atoms with Gasteiger partial charge in [0.15, 0.2) is 0 Å². The normalized spacial score (nSPS) is 17.6. The maximum atomic E-state index is 12.3. The van der Waals surface area contributed by atoms with E-state index in [0.717, 1.165) is 43.2 Å². The molecule has 0 saturated heterocycles. The van der Waals surface area contributed by atoms with Gasteiger partial charge in [0.05, 0.1) is 0 Å². The standard InChI is InChI=1S/C36H28O6S/c37-21-27-19-23(13-17-31(39)40)11-15-29(27)35-33(25-7-3-1-4-8-25)34(26-9-5-2-6-10-26)36(43-35)30-16-12-24(14-18-32(41)42)20-28(30)22-38/h1-12,15-16,19-20,29-30H,13-14,17-18H2,(H,39,40)(H,41,42). The molecule has 0 saturated carbocycles. The molecule has 5 rings (SSSR count). The maximum Gasteiger partial charge on any atom is 0.303 e. The molecule has 214 valence electrons. The van der Waals surface area contributed by atoms with Crippen LogP contribution in [0.25, 0.3) is 22.3 Å². The Morgan fingerprint density at radius 1 is 0.651 bits per heavy atom. The summed E-state index contributed by atoms with van der Waals surface area (Å²) in [6.45, 7) is 0. The summed E-state index contributed by atoms with van der Waals surface area (Å²) in [6.07, 6.45) is 11.6. The van der Waals surface area contributed by atoms with Gasteiger partial charge < -0.3 is 10.2 Å². The minimum atomic E-state index is -0.908. The lowest BCUT2D eigenvalue weighted by Gasteiger charge is -2.19. The predicted molar refractivity (Wildman–Crippen MR) is 167 cm³/mol. The number of allylic oxidation sites excluding steroid dienone is 10. The van der Waals surface area contributed by atoms with E-state index in [1.54, 1.807) is 12.2 Å². The van der Waals surface area contributed by atoms with Crippen molar-refractivity contribution in [3.63, 3.8) is 0 Å². The molecule has 0 aliphatic heterocycles. The number of carboxylic acids is 2. The van der Waals surface area contributed by atoms with Gasteiger partial charge in [0, 0.05) is 56.7 Å². The van der Waals surface area contributed by atoms with Crippen molar-refractivity contribution in [2.75, 3.05) is 0 Å². The van der Waals surface area contributed by atoms with Crippen molar-refractivity contribution in [2.45, 2.75) is 37.5 Å². The van der Waals surface area contributed by atoms with Gasteiger partial charge in [-0.3, -0.25) is 9.59 Å². The Hall–Kier alpha value is -5.06. The monoisotopic (exact) mass is 588 g/mol. The van der Waals surface area contributed by atoms with Crippen LogP contribution in [0.3, 0.4) is 0 Å². The Bertz CT molecular complexity index is 1650. The van der Waals surface area contributed by atoms with Crippen molar-refractivity contribution >= 4 is 35.2 Å². The first-order valence-corrected chi connectivity index (χ1v) is 14.7. The lowest BCUT2D eigenvalue weighted by atomic mass is 9.82. The molecular formula is C36H28O6S. The summed E-state index contributed by atoms with van der Waals surface area (Å²) < 4.78 is 0. The molecule has 0 bridgehead atoms. The van der Waals surface area contributed by atoms with Gasteiger partial charge in [-0.1, -0.05) is 85.0 Å². The van der Waals surface area contributed by atoms with E-state index in [4.69, 9.17) is 10.2 Å². The highest BCUT2D eigenvalue weighted by Crippen LogP contribution is 2.52. The molecule has 0 radical (unpaired) electrons. The van der Waals surface area contributed by atoms with Gasteiger partial charge >= 0.3 is 11.9 Å². The molecule has 43 heavy (non-hydrogen) atoms. The molecule has 0 spiro atoms. The fourth-order valence-corrected chi connectivity index (χ4v) is 7.01. The van der Waals surface area contributed by atoms with Crippen molar-refractivity contribution in [3.05, 3.63) is 129 Å². The van der Waals surface area contributed by atoms with Gasteiger partial charge in [-0.2, -0.15) is 0 Å². The van der Waals surface area contributed by atoms with Gasteiger partial charge in [-0.15, -0.1) is 11.3 Å². The third-order valence-corrected chi connectivity index (χ3v) is 8.86. The second kappa shape index (κ2) is 13.3. The highest BCUT2D eigenvalue weighted by atomic mass is 32.1. The van der Waals surface area contributed by atoms with Gasteiger partial charge in [-0.25, -0.2) is 9.59 Å². The highest BCUT2D eigenvalue weighted by Gasteiger charge is 2.32. The van der Waals surface area contributed by atoms with Crippen molar-refractivity contribution in [3.8, 4) is 22.3 Å². The van der Waals surface area contributed by atoms with E-state index in [0.29, 0.717) is 24.0 Å². The van der Waals surface area contributed by atoms with Crippen molar-refractivity contribution in [1.29, 1.82) is 0 Å². The number of carbonyl (C=O) groups excluding carboxylic acids is 2. The van der Waals surface area contributed by atoms with Crippen LogP contribution in [0, 0.1) is 0 Å². The van der Waals surface area contributed by atoms with E-state index in [-0.39, 0.29) is 12.8 Å². The minimum Gasteiger partial charge on any atom is -0.481 e. The summed E-state index contributed by atoms with van der Waals surface area (Å²) in [4.78, 5) is 48.7.